The third-order valence-electron chi connectivity index (χ3n) is 4.89. The van der Waals surface area contributed by atoms with Crippen LogP contribution < -0.4 is 9.47 Å². The number of sulfonamides is 1. The molecule has 0 bridgehead atoms. The lowest BCUT2D eigenvalue weighted by Crippen LogP contribution is -2.48. The quantitative estimate of drug-likeness (QED) is 0.737. The molecular weight excluding hydrogens is 370 g/mol. The number of benzene rings is 1. The minimum Gasteiger partial charge on any atom is -0.493 e. The summed E-state index contributed by atoms with van der Waals surface area (Å²) in [6.45, 7) is 6.69. The lowest BCUT2D eigenvalue weighted by molar-refractivity contribution is 0.180. The fourth-order valence-electron chi connectivity index (χ4n) is 3.21. The molecule has 1 fully saturated rings. The Hall–Kier alpha value is -2.10. The average molecular weight is 395 g/mol. The third-order valence-corrected chi connectivity index (χ3v) is 6.78. The van der Waals surface area contributed by atoms with Gasteiger partial charge >= 0.3 is 0 Å². The first kappa shape index (κ1) is 19.7. The van der Waals surface area contributed by atoms with Crippen LogP contribution in [0.5, 0.6) is 11.5 Å². The van der Waals surface area contributed by atoms with Crippen LogP contribution >= 0.6 is 0 Å². The van der Waals surface area contributed by atoms with Gasteiger partial charge in [-0.05, 0) is 26.0 Å². The van der Waals surface area contributed by atoms with Crippen LogP contribution in [0.15, 0.2) is 27.6 Å². The molecule has 3 rings (SSSR count). The highest BCUT2D eigenvalue weighted by molar-refractivity contribution is 7.89. The Labute approximate surface area is 159 Å². The number of hydrogen-bond acceptors (Lipinski definition) is 7. The molecule has 2 heterocycles. The molecule has 9 heteroatoms. The van der Waals surface area contributed by atoms with Gasteiger partial charge in [0.25, 0.3) is 0 Å². The molecule has 0 atom stereocenters. The van der Waals surface area contributed by atoms with Crippen molar-refractivity contribution in [3.05, 3.63) is 35.2 Å². The summed E-state index contributed by atoms with van der Waals surface area (Å²) in [6.07, 6.45) is 0. The van der Waals surface area contributed by atoms with Crippen LogP contribution in [0.1, 0.15) is 17.0 Å². The summed E-state index contributed by atoms with van der Waals surface area (Å²) < 4.78 is 43.1. The number of rotatable bonds is 6. The normalized spacial score (nSPS) is 16.4. The molecule has 2 aromatic rings. The second kappa shape index (κ2) is 7.87. The molecule has 0 N–H and O–H groups in total. The van der Waals surface area contributed by atoms with Gasteiger partial charge in [0.05, 0.1) is 24.8 Å². The Morgan fingerprint density at radius 1 is 1.07 bits per heavy atom. The van der Waals surface area contributed by atoms with Crippen molar-refractivity contribution >= 4 is 10.0 Å². The molecule has 1 aromatic carbocycles. The molecular formula is C18H25N3O5S. The maximum Gasteiger partial charge on any atom is 0.243 e. The number of aryl methyl sites for hydroxylation is 2. The first-order chi connectivity index (χ1) is 12.9. The van der Waals surface area contributed by atoms with Crippen molar-refractivity contribution in [1.29, 1.82) is 0 Å². The second-order valence-electron chi connectivity index (χ2n) is 6.50. The fourth-order valence-corrected chi connectivity index (χ4v) is 4.64. The van der Waals surface area contributed by atoms with Crippen molar-refractivity contribution in [3.63, 3.8) is 0 Å². The van der Waals surface area contributed by atoms with Crippen molar-refractivity contribution in [2.75, 3.05) is 40.4 Å². The van der Waals surface area contributed by atoms with E-state index in [0.29, 0.717) is 44.2 Å². The summed E-state index contributed by atoms with van der Waals surface area (Å²) >= 11 is 0. The van der Waals surface area contributed by atoms with Gasteiger partial charge in [0.15, 0.2) is 11.5 Å². The molecule has 0 saturated carbocycles. The number of ether oxygens (including phenoxy) is 2. The Morgan fingerprint density at radius 2 is 1.74 bits per heavy atom. The van der Waals surface area contributed by atoms with E-state index in [4.69, 9.17) is 14.0 Å². The Bertz CT molecular complexity index is 882. The average Bonchev–Trinajstić information content (AvgIpc) is 2.99. The maximum absolute atomic E-state index is 13.0. The van der Waals surface area contributed by atoms with Crippen molar-refractivity contribution in [3.8, 4) is 11.5 Å². The van der Waals surface area contributed by atoms with Gasteiger partial charge in [0.1, 0.15) is 5.76 Å². The van der Waals surface area contributed by atoms with Crippen LogP contribution in [-0.4, -0.2) is 63.2 Å². The van der Waals surface area contributed by atoms with Crippen LogP contribution in [0.25, 0.3) is 0 Å². The zero-order valence-corrected chi connectivity index (χ0v) is 16.9. The van der Waals surface area contributed by atoms with Gasteiger partial charge in [-0.15, -0.1) is 0 Å². The topological polar surface area (TPSA) is 85.1 Å². The molecule has 1 aliphatic rings. The fraction of sp³-hybridized carbons (Fsp3) is 0.500. The largest absolute Gasteiger partial charge is 0.493 e. The molecule has 8 nitrogen and oxygen atoms in total. The highest BCUT2D eigenvalue weighted by Gasteiger charge is 2.29. The monoisotopic (exact) mass is 395 g/mol. The van der Waals surface area contributed by atoms with Crippen molar-refractivity contribution in [2.24, 2.45) is 0 Å². The predicted octanol–water partition coefficient (Wildman–Crippen LogP) is 1.82. The third kappa shape index (κ3) is 3.95. The number of aromatic nitrogens is 1. The number of nitrogens with zero attached hydrogens (tertiary/aromatic N) is 3. The minimum atomic E-state index is -3.58. The molecule has 27 heavy (non-hydrogen) atoms. The molecule has 1 saturated heterocycles. The van der Waals surface area contributed by atoms with Crippen molar-refractivity contribution < 1.29 is 22.4 Å². The van der Waals surface area contributed by atoms with Gasteiger partial charge in [-0.3, -0.25) is 4.90 Å². The van der Waals surface area contributed by atoms with Gasteiger partial charge in [-0.1, -0.05) is 5.16 Å². The lowest BCUT2D eigenvalue weighted by Gasteiger charge is -2.34. The van der Waals surface area contributed by atoms with E-state index in [9.17, 15) is 8.42 Å². The standard InChI is InChI=1S/C18H25N3O5S/c1-13-16(14(2)26-19-13)12-20-7-9-21(10-8-20)27(22,23)15-5-6-17(24-3)18(11-15)25-4/h5-6,11H,7-10,12H2,1-4H3. The SMILES string of the molecule is COc1ccc(S(=O)(=O)N2CCN(Cc3c(C)noc3C)CC2)cc1OC. The van der Waals surface area contributed by atoms with Crippen LogP contribution in [0.3, 0.4) is 0 Å². The van der Waals surface area contributed by atoms with E-state index < -0.39 is 10.0 Å². The molecule has 0 amide bonds. The first-order valence-electron chi connectivity index (χ1n) is 8.73. The van der Waals surface area contributed by atoms with Crippen LogP contribution in [0.4, 0.5) is 0 Å². The van der Waals surface area contributed by atoms with Gasteiger partial charge in [0.2, 0.25) is 10.0 Å². The van der Waals surface area contributed by atoms with Crippen molar-refractivity contribution in [1.82, 2.24) is 14.4 Å². The van der Waals surface area contributed by atoms with Gasteiger partial charge in [-0.2, -0.15) is 4.31 Å². The van der Waals surface area contributed by atoms with Crippen LogP contribution in [0.2, 0.25) is 0 Å². The van der Waals surface area contributed by atoms with E-state index in [0.717, 1.165) is 17.0 Å². The summed E-state index contributed by atoms with van der Waals surface area (Å²) in [4.78, 5) is 2.42. The smallest absolute Gasteiger partial charge is 0.243 e. The lowest BCUT2D eigenvalue weighted by atomic mass is 10.2. The number of hydrogen-bond donors (Lipinski definition) is 0. The van der Waals surface area contributed by atoms with Gasteiger partial charge < -0.3 is 14.0 Å². The molecule has 0 spiro atoms. The van der Waals surface area contributed by atoms with Crippen LogP contribution in [-0.2, 0) is 16.6 Å². The van der Waals surface area contributed by atoms with E-state index in [-0.39, 0.29) is 4.90 Å². The summed E-state index contributed by atoms with van der Waals surface area (Å²) in [5, 5.41) is 3.98. The van der Waals surface area contributed by atoms with Crippen molar-refractivity contribution in [2.45, 2.75) is 25.3 Å². The predicted molar refractivity (Wildman–Crippen MR) is 99.6 cm³/mol. The summed E-state index contributed by atoms with van der Waals surface area (Å²) in [5.41, 5.74) is 1.96. The Balaban J connectivity index is 1.69. The van der Waals surface area contributed by atoms with E-state index >= 15 is 0 Å². The molecule has 0 aliphatic carbocycles. The molecule has 148 valence electrons. The highest BCUT2D eigenvalue weighted by Crippen LogP contribution is 2.31. The van der Waals surface area contributed by atoms with E-state index in [1.807, 2.05) is 13.8 Å². The van der Waals surface area contributed by atoms with E-state index in [1.54, 1.807) is 12.1 Å². The van der Waals surface area contributed by atoms with Gasteiger partial charge in [0, 0.05) is 44.4 Å². The first-order valence-corrected chi connectivity index (χ1v) is 10.2. The maximum atomic E-state index is 13.0. The molecule has 1 aromatic heterocycles. The zero-order chi connectivity index (χ0) is 19.6. The minimum absolute atomic E-state index is 0.208. The number of methoxy groups -OCH3 is 2. The van der Waals surface area contributed by atoms with E-state index in [1.165, 1.54) is 24.6 Å². The summed E-state index contributed by atoms with van der Waals surface area (Å²) in [7, 11) is -0.575. The molecule has 0 unspecified atom stereocenters. The Kier molecular flexibility index (Phi) is 5.73. The van der Waals surface area contributed by atoms with Gasteiger partial charge in [-0.25, -0.2) is 8.42 Å². The molecule has 1 aliphatic heterocycles. The van der Waals surface area contributed by atoms with Crippen LogP contribution in [0, 0.1) is 13.8 Å². The van der Waals surface area contributed by atoms with E-state index in [2.05, 4.69) is 10.1 Å². The highest BCUT2D eigenvalue weighted by atomic mass is 32.2. The molecule has 0 radical (unpaired) electrons. The Morgan fingerprint density at radius 3 is 2.30 bits per heavy atom. The second-order valence-corrected chi connectivity index (χ2v) is 8.44. The number of piperazine rings is 1. The summed E-state index contributed by atoms with van der Waals surface area (Å²) in [6, 6.07) is 4.66. The zero-order valence-electron chi connectivity index (χ0n) is 16.1. The summed E-state index contributed by atoms with van der Waals surface area (Å²) in [5.74, 6) is 1.71.